The fraction of sp³-hybridized carbons (Fsp3) is 0.0588. The van der Waals surface area contributed by atoms with Crippen LogP contribution < -0.4 is 27.0 Å². The molecule has 0 spiro atoms. The van der Waals surface area contributed by atoms with E-state index in [1.165, 1.54) is 7.11 Å². The molecule has 5 rings (SSSR count). The smallest absolute Gasteiger partial charge is 0.261 e. The Morgan fingerprint density at radius 2 is 1.24 bits per heavy atom. The third-order valence-corrected chi connectivity index (χ3v) is 4.62. The van der Waals surface area contributed by atoms with Crippen LogP contribution in [0.2, 0.25) is 0 Å². The maximum absolute atomic E-state index is 12.4. The van der Waals surface area contributed by atoms with Crippen LogP contribution in [0.4, 0.5) is 0 Å². The van der Waals surface area contributed by atoms with Gasteiger partial charge >= 0.3 is 0 Å². The molecular formula is C17H9N3O5. The molecule has 3 aromatic heterocycles. The molecule has 0 fully saturated rings. The van der Waals surface area contributed by atoms with Crippen molar-refractivity contribution in [2.24, 2.45) is 0 Å². The number of benzene rings is 2. The van der Waals surface area contributed by atoms with Crippen molar-refractivity contribution < 1.29 is 4.74 Å². The van der Waals surface area contributed by atoms with E-state index in [0.29, 0.717) is 27.6 Å². The highest BCUT2D eigenvalue weighted by molar-refractivity contribution is 6.31. The normalized spacial score (nSPS) is 12.0. The minimum Gasteiger partial charge on any atom is -0.496 e. The molecule has 0 aliphatic heterocycles. The van der Waals surface area contributed by atoms with Crippen molar-refractivity contribution in [2.45, 2.75) is 0 Å². The Morgan fingerprint density at radius 3 is 1.88 bits per heavy atom. The van der Waals surface area contributed by atoms with E-state index >= 15 is 0 Å². The van der Waals surface area contributed by atoms with Gasteiger partial charge < -0.3 is 9.72 Å². The quantitative estimate of drug-likeness (QED) is 0.414. The predicted octanol–water partition coefficient (Wildman–Crippen LogP) is 0.609. The maximum atomic E-state index is 12.4. The van der Waals surface area contributed by atoms with Gasteiger partial charge in [0, 0.05) is 5.39 Å². The summed E-state index contributed by atoms with van der Waals surface area (Å²) in [6.07, 6.45) is 0. The van der Waals surface area contributed by atoms with Crippen LogP contribution >= 0.6 is 0 Å². The third-order valence-electron chi connectivity index (χ3n) is 4.62. The van der Waals surface area contributed by atoms with E-state index in [9.17, 15) is 19.2 Å². The van der Waals surface area contributed by atoms with Gasteiger partial charge in [-0.25, -0.2) is 0 Å². The molecule has 122 valence electrons. The average Bonchev–Trinajstić information content (AvgIpc) is 3.19. The Bertz CT molecular complexity index is 1560. The standard InChI is InChI=1S/C17H9N3O5/c1-25-6-4-2-3-5-7(6)8-9-10(15(22)19-14(9)21)11-12(13(8)18-5)17(24)20-16(11)23/h2-4,18H,1H3,(H,19,21,22)(H,20,23,24). The molecule has 0 atom stereocenters. The number of fused-ring (bicyclic) bond motifs is 8. The summed E-state index contributed by atoms with van der Waals surface area (Å²) in [5.41, 5.74) is -1.62. The van der Waals surface area contributed by atoms with Crippen LogP contribution in [0.5, 0.6) is 5.75 Å². The number of rotatable bonds is 1. The predicted molar refractivity (Wildman–Crippen MR) is 93.5 cm³/mol. The molecule has 0 saturated heterocycles. The largest absolute Gasteiger partial charge is 0.496 e. The summed E-state index contributed by atoms with van der Waals surface area (Å²) in [6.45, 7) is 0. The molecule has 0 aliphatic rings. The summed E-state index contributed by atoms with van der Waals surface area (Å²) in [6, 6.07) is 5.24. The van der Waals surface area contributed by atoms with Crippen molar-refractivity contribution in [2.75, 3.05) is 7.11 Å². The lowest BCUT2D eigenvalue weighted by molar-refractivity contribution is 0.420. The minimum absolute atomic E-state index is 0.0670. The molecular weight excluding hydrogens is 326 g/mol. The Kier molecular flexibility index (Phi) is 2.33. The third kappa shape index (κ3) is 1.46. The molecule has 0 aliphatic carbocycles. The summed E-state index contributed by atoms with van der Waals surface area (Å²) >= 11 is 0. The number of methoxy groups -OCH3 is 1. The highest BCUT2D eigenvalue weighted by atomic mass is 16.5. The first-order chi connectivity index (χ1) is 12.0. The van der Waals surface area contributed by atoms with Crippen molar-refractivity contribution in [3.8, 4) is 5.75 Å². The van der Waals surface area contributed by atoms with Gasteiger partial charge in [0.1, 0.15) is 5.75 Å². The first-order valence-corrected chi connectivity index (χ1v) is 7.42. The molecule has 25 heavy (non-hydrogen) atoms. The fourth-order valence-electron chi connectivity index (χ4n) is 3.69. The van der Waals surface area contributed by atoms with Gasteiger partial charge in [0.2, 0.25) is 0 Å². The number of H-pyrrole nitrogens is 3. The van der Waals surface area contributed by atoms with Crippen molar-refractivity contribution >= 4 is 43.4 Å². The molecule has 0 amide bonds. The van der Waals surface area contributed by atoms with Gasteiger partial charge in [-0.15, -0.1) is 0 Å². The fourth-order valence-corrected chi connectivity index (χ4v) is 3.69. The lowest BCUT2D eigenvalue weighted by Gasteiger charge is -2.02. The Hall–Kier alpha value is -3.68. The van der Waals surface area contributed by atoms with Crippen LogP contribution in [-0.4, -0.2) is 22.1 Å². The van der Waals surface area contributed by atoms with Crippen LogP contribution in [0.1, 0.15) is 0 Å². The molecule has 2 aromatic carbocycles. The number of nitrogens with one attached hydrogen (secondary N) is 3. The Balaban J connectivity index is 2.36. The van der Waals surface area contributed by atoms with E-state index in [4.69, 9.17) is 4.74 Å². The minimum atomic E-state index is -0.688. The van der Waals surface area contributed by atoms with Gasteiger partial charge in [0.25, 0.3) is 22.2 Å². The number of ether oxygens (including phenoxy) is 1. The zero-order valence-corrected chi connectivity index (χ0v) is 12.8. The van der Waals surface area contributed by atoms with Crippen LogP contribution in [0, 0.1) is 0 Å². The highest BCUT2D eigenvalue weighted by Crippen LogP contribution is 2.38. The van der Waals surface area contributed by atoms with Crippen molar-refractivity contribution in [3.63, 3.8) is 0 Å². The van der Waals surface area contributed by atoms with Crippen molar-refractivity contribution in [1.82, 2.24) is 15.0 Å². The molecule has 8 heteroatoms. The second-order valence-electron chi connectivity index (χ2n) is 5.82. The molecule has 0 radical (unpaired) electrons. The van der Waals surface area contributed by atoms with E-state index in [1.54, 1.807) is 18.2 Å². The lowest BCUT2D eigenvalue weighted by Crippen LogP contribution is -2.08. The van der Waals surface area contributed by atoms with Gasteiger partial charge in [0.15, 0.2) is 0 Å². The Morgan fingerprint density at radius 1 is 0.680 bits per heavy atom. The molecule has 3 heterocycles. The summed E-state index contributed by atoms with van der Waals surface area (Å²) in [4.78, 5) is 56.7. The first kappa shape index (κ1) is 13.7. The highest BCUT2D eigenvalue weighted by Gasteiger charge is 2.24. The van der Waals surface area contributed by atoms with Crippen LogP contribution in [-0.2, 0) is 0 Å². The van der Waals surface area contributed by atoms with Crippen molar-refractivity contribution in [1.29, 1.82) is 0 Å². The van der Waals surface area contributed by atoms with Crippen LogP contribution in [0.15, 0.2) is 37.4 Å². The lowest BCUT2D eigenvalue weighted by atomic mass is 10.0. The number of aromatic nitrogens is 3. The van der Waals surface area contributed by atoms with E-state index in [2.05, 4.69) is 15.0 Å². The van der Waals surface area contributed by atoms with Gasteiger partial charge in [-0.3, -0.25) is 29.1 Å². The zero-order valence-electron chi connectivity index (χ0n) is 12.8. The summed E-state index contributed by atoms with van der Waals surface area (Å²) in [5.74, 6) is 0.489. The van der Waals surface area contributed by atoms with E-state index in [-0.39, 0.29) is 21.5 Å². The first-order valence-electron chi connectivity index (χ1n) is 7.42. The second-order valence-corrected chi connectivity index (χ2v) is 5.82. The number of hydrogen-bond donors (Lipinski definition) is 3. The summed E-state index contributed by atoms with van der Waals surface area (Å²) < 4.78 is 5.38. The van der Waals surface area contributed by atoms with Gasteiger partial charge in [-0.2, -0.15) is 0 Å². The van der Waals surface area contributed by atoms with Crippen LogP contribution in [0.25, 0.3) is 43.4 Å². The SMILES string of the molecule is COc1cccc2[nH]c3c4c(=O)[nH]c(=O)c4c4c(=O)[nH]c(=O)c4c3c12. The average molecular weight is 335 g/mol. The van der Waals surface area contributed by atoms with E-state index < -0.39 is 22.2 Å². The zero-order chi connectivity index (χ0) is 17.5. The Labute approximate surface area is 136 Å². The molecule has 0 unspecified atom stereocenters. The van der Waals surface area contributed by atoms with E-state index in [0.717, 1.165) is 0 Å². The molecule has 0 saturated carbocycles. The number of aromatic amines is 3. The second kappa shape index (κ2) is 4.23. The topological polar surface area (TPSA) is 125 Å². The summed E-state index contributed by atoms with van der Waals surface area (Å²) in [7, 11) is 1.49. The van der Waals surface area contributed by atoms with Gasteiger partial charge in [0.05, 0.1) is 45.1 Å². The molecule has 8 nitrogen and oxygen atoms in total. The maximum Gasteiger partial charge on any atom is 0.261 e. The molecule has 0 bridgehead atoms. The molecule has 3 N–H and O–H groups in total. The van der Waals surface area contributed by atoms with Crippen LogP contribution in [0.3, 0.4) is 0 Å². The number of hydrogen-bond acceptors (Lipinski definition) is 5. The molecule has 5 aromatic rings. The van der Waals surface area contributed by atoms with Gasteiger partial charge in [-0.1, -0.05) is 6.07 Å². The van der Waals surface area contributed by atoms with E-state index in [1.807, 2.05) is 0 Å². The monoisotopic (exact) mass is 335 g/mol. The van der Waals surface area contributed by atoms with Gasteiger partial charge in [-0.05, 0) is 12.1 Å². The summed E-state index contributed by atoms with van der Waals surface area (Å²) in [5, 5.41) is 0.996. The van der Waals surface area contributed by atoms with Crippen molar-refractivity contribution in [3.05, 3.63) is 59.6 Å².